The highest BCUT2D eigenvalue weighted by Crippen LogP contribution is 2.29. The smallest absolute Gasteiger partial charge is 0.339 e. The molecule has 1 saturated heterocycles. The molecule has 0 bridgehead atoms. The first-order valence-corrected chi connectivity index (χ1v) is 10.0. The topological polar surface area (TPSA) is 105 Å². The van der Waals surface area contributed by atoms with Crippen molar-refractivity contribution in [3.05, 3.63) is 65.2 Å². The molecule has 162 valence electrons. The Balaban J connectivity index is 1.74. The van der Waals surface area contributed by atoms with Gasteiger partial charge in [-0.3, -0.25) is 14.5 Å². The molecule has 1 aliphatic heterocycles. The predicted octanol–water partition coefficient (Wildman–Crippen LogP) is 2.83. The number of rotatable bonds is 7. The van der Waals surface area contributed by atoms with E-state index in [0.29, 0.717) is 5.56 Å². The summed E-state index contributed by atoms with van der Waals surface area (Å²) in [6.07, 6.45) is 1.94. The van der Waals surface area contributed by atoms with E-state index in [0.717, 1.165) is 23.3 Å². The van der Waals surface area contributed by atoms with Crippen LogP contribution in [0.2, 0.25) is 0 Å². The van der Waals surface area contributed by atoms with E-state index in [-0.39, 0.29) is 11.3 Å². The third kappa shape index (κ3) is 4.42. The van der Waals surface area contributed by atoms with Gasteiger partial charge in [-0.05, 0) is 36.6 Å². The van der Waals surface area contributed by atoms with Crippen LogP contribution >= 0.6 is 0 Å². The molecule has 8 heteroatoms. The van der Waals surface area contributed by atoms with Gasteiger partial charge in [0.25, 0.3) is 5.91 Å². The maximum Gasteiger partial charge on any atom is 0.339 e. The number of carbonyl (C=O) groups excluding carboxylic acids is 4. The number of anilines is 1. The summed E-state index contributed by atoms with van der Waals surface area (Å²) >= 11 is 0. The van der Waals surface area contributed by atoms with Crippen molar-refractivity contribution in [2.45, 2.75) is 32.2 Å². The van der Waals surface area contributed by atoms with Crippen molar-refractivity contribution in [2.75, 3.05) is 19.0 Å². The fraction of sp³-hybridized carbons (Fsp3) is 0.304. The molecular formula is C23H25N3O5. The molecular weight excluding hydrogens is 398 g/mol. The maximum atomic E-state index is 13.0. The number of carbonyl (C=O) groups is 4. The van der Waals surface area contributed by atoms with E-state index in [4.69, 9.17) is 4.74 Å². The quantitative estimate of drug-likeness (QED) is 0.526. The van der Waals surface area contributed by atoms with Gasteiger partial charge in [0.15, 0.2) is 0 Å². The monoisotopic (exact) mass is 423 g/mol. The van der Waals surface area contributed by atoms with Gasteiger partial charge in [-0.2, -0.15) is 0 Å². The minimum absolute atomic E-state index is 0.174. The first-order chi connectivity index (χ1) is 14.8. The molecule has 1 fully saturated rings. The van der Waals surface area contributed by atoms with Crippen LogP contribution in [0.3, 0.4) is 0 Å². The molecule has 3 rings (SSSR count). The van der Waals surface area contributed by atoms with Gasteiger partial charge in [0, 0.05) is 0 Å². The third-order valence-corrected chi connectivity index (χ3v) is 5.25. The van der Waals surface area contributed by atoms with E-state index in [1.54, 1.807) is 19.1 Å². The second-order valence-electron chi connectivity index (χ2n) is 7.48. The first kappa shape index (κ1) is 22.0. The van der Waals surface area contributed by atoms with Crippen LogP contribution in [0.5, 0.6) is 0 Å². The van der Waals surface area contributed by atoms with Crippen LogP contribution < -0.4 is 10.6 Å². The van der Waals surface area contributed by atoms with Crippen LogP contribution in [0.4, 0.5) is 10.5 Å². The van der Waals surface area contributed by atoms with Gasteiger partial charge in [0.2, 0.25) is 5.91 Å². The first-order valence-electron chi connectivity index (χ1n) is 10.0. The minimum atomic E-state index is -1.26. The van der Waals surface area contributed by atoms with E-state index >= 15 is 0 Å². The molecule has 0 spiro atoms. The molecule has 0 unspecified atom stereocenters. The molecule has 1 aliphatic rings. The zero-order valence-corrected chi connectivity index (χ0v) is 17.7. The van der Waals surface area contributed by atoms with Crippen molar-refractivity contribution in [1.29, 1.82) is 0 Å². The van der Waals surface area contributed by atoms with E-state index in [1.807, 2.05) is 24.3 Å². The lowest BCUT2D eigenvalue weighted by atomic mass is 9.91. The largest absolute Gasteiger partial charge is 0.465 e. The summed E-state index contributed by atoms with van der Waals surface area (Å²) in [5.41, 5.74) is 0.941. The molecule has 8 nitrogen and oxygen atoms in total. The SMILES string of the molecule is CCCc1ccc([C@]2(C)NC(=O)N(CC(=O)Nc3ccccc3C(=O)OC)C2=O)cc1. The molecule has 0 radical (unpaired) electrons. The van der Waals surface area contributed by atoms with Crippen molar-refractivity contribution < 1.29 is 23.9 Å². The number of hydrogen-bond acceptors (Lipinski definition) is 5. The summed E-state index contributed by atoms with van der Waals surface area (Å²) < 4.78 is 4.71. The van der Waals surface area contributed by atoms with Crippen LogP contribution in [-0.4, -0.2) is 42.4 Å². The predicted molar refractivity (Wildman–Crippen MR) is 114 cm³/mol. The summed E-state index contributed by atoms with van der Waals surface area (Å²) in [5, 5.41) is 5.26. The Kier molecular flexibility index (Phi) is 6.39. The van der Waals surface area contributed by atoms with E-state index < -0.39 is 35.9 Å². The number of para-hydroxylation sites is 1. The van der Waals surface area contributed by atoms with Gasteiger partial charge in [-0.15, -0.1) is 0 Å². The Morgan fingerprint density at radius 2 is 1.77 bits per heavy atom. The molecule has 2 aromatic carbocycles. The normalized spacial score (nSPS) is 18.0. The molecule has 0 aromatic heterocycles. The number of amides is 4. The van der Waals surface area contributed by atoms with Crippen molar-refractivity contribution in [1.82, 2.24) is 10.2 Å². The minimum Gasteiger partial charge on any atom is -0.465 e. The lowest BCUT2D eigenvalue weighted by molar-refractivity contribution is -0.133. The maximum absolute atomic E-state index is 13.0. The Morgan fingerprint density at radius 1 is 1.10 bits per heavy atom. The van der Waals surface area contributed by atoms with Gasteiger partial charge in [-0.25, -0.2) is 9.59 Å². The molecule has 1 heterocycles. The summed E-state index contributed by atoms with van der Waals surface area (Å²) in [6.45, 7) is 3.22. The number of hydrogen-bond donors (Lipinski definition) is 2. The second-order valence-corrected chi connectivity index (χ2v) is 7.48. The molecule has 0 aliphatic carbocycles. The van der Waals surface area contributed by atoms with Gasteiger partial charge in [0.1, 0.15) is 12.1 Å². The standard InChI is InChI=1S/C23H25N3O5/c1-4-7-15-10-12-16(13-11-15)23(2)21(29)26(22(30)25-23)14-19(27)24-18-9-6-5-8-17(18)20(28)31-3/h5-6,8-13H,4,7,14H2,1-3H3,(H,24,27)(H,25,30)/t23-/m0/s1. The second kappa shape index (κ2) is 8.99. The van der Waals surface area contributed by atoms with Crippen molar-refractivity contribution in [2.24, 2.45) is 0 Å². The van der Waals surface area contributed by atoms with E-state index in [2.05, 4.69) is 17.6 Å². The van der Waals surface area contributed by atoms with Crippen LogP contribution in [0.15, 0.2) is 48.5 Å². The number of aryl methyl sites for hydroxylation is 1. The van der Waals surface area contributed by atoms with Gasteiger partial charge >= 0.3 is 12.0 Å². The van der Waals surface area contributed by atoms with Crippen LogP contribution in [0, 0.1) is 0 Å². The summed E-state index contributed by atoms with van der Waals surface area (Å²) in [4.78, 5) is 50.8. The Morgan fingerprint density at radius 3 is 2.42 bits per heavy atom. The Hall–Kier alpha value is -3.68. The molecule has 2 aromatic rings. The average Bonchev–Trinajstić information content (AvgIpc) is 2.98. The Bertz CT molecular complexity index is 1020. The number of benzene rings is 2. The molecule has 2 N–H and O–H groups in total. The number of methoxy groups -OCH3 is 1. The average molecular weight is 423 g/mol. The summed E-state index contributed by atoms with van der Waals surface area (Å²) in [6, 6.07) is 13.2. The fourth-order valence-corrected chi connectivity index (χ4v) is 3.54. The lowest BCUT2D eigenvalue weighted by Crippen LogP contribution is -2.42. The fourth-order valence-electron chi connectivity index (χ4n) is 3.54. The summed E-state index contributed by atoms with van der Waals surface area (Å²) in [7, 11) is 1.24. The highest BCUT2D eigenvalue weighted by atomic mass is 16.5. The third-order valence-electron chi connectivity index (χ3n) is 5.25. The number of ether oxygens (including phenoxy) is 1. The van der Waals surface area contributed by atoms with Crippen LogP contribution in [0.25, 0.3) is 0 Å². The zero-order valence-electron chi connectivity index (χ0n) is 17.7. The number of nitrogens with zero attached hydrogens (tertiary/aromatic N) is 1. The molecule has 1 atom stereocenters. The van der Waals surface area contributed by atoms with E-state index in [1.165, 1.54) is 19.2 Å². The van der Waals surface area contributed by atoms with Crippen molar-refractivity contribution in [3.8, 4) is 0 Å². The van der Waals surface area contributed by atoms with Gasteiger partial charge in [-0.1, -0.05) is 49.7 Å². The number of urea groups is 1. The number of esters is 1. The Labute approximate surface area is 180 Å². The highest BCUT2D eigenvalue weighted by molar-refractivity contribution is 6.10. The van der Waals surface area contributed by atoms with Crippen molar-refractivity contribution in [3.63, 3.8) is 0 Å². The van der Waals surface area contributed by atoms with Crippen molar-refractivity contribution >= 4 is 29.5 Å². The lowest BCUT2D eigenvalue weighted by Gasteiger charge is -2.22. The molecule has 31 heavy (non-hydrogen) atoms. The molecule has 4 amide bonds. The van der Waals surface area contributed by atoms with Gasteiger partial charge in [0.05, 0.1) is 18.4 Å². The number of imide groups is 1. The van der Waals surface area contributed by atoms with Crippen LogP contribution in [-0.2, 0) is 26.3 Å². The van der Waals surface area contributed by atoms with Gasteiger partial charge < -0.3 is 15.4 Å². The number of nitrogens with one attached hydrogen (secondary N) is 2. The molecule has 0 saturated carbocycles. The van der Waals surface area contributed by atoms with Crippen LogP contribution in [0.1, 0.15) is 41.8 Å². The van der Waals surface area contributed by atoms with E-state index in [9.17, 15) is 19.2 Å². The zero-order chi connectivity index (χ0) is 22.6. The summed E-state index contributed by atoms with van der Waals surface area (Å²) in [5.74, 6) is -1.73. The highest BCUT2D eigenvalue weighted by Gasteiger charge is 2.49.